The highest BCUT2D eigenvalue weighted by molar-refractivity contribution is 5.33. The highest BCUT2D eigenvalue weighted by Crippen LogP contribution is 2.42. The summed E-state index contributed by atoms with van der Waals surface area (Å²) in [6, 6.07) is 5.64. The van der Waals surface area contributed by atoms with Crippen molar-refractivity contribution in [2.75, 3.05) is 19.6 Å². The highest BCUT2D eigenvalue weighted by Gasteiger charge is 2.40. The third-order valence-corrected chi connectivity index (χ3v) is 3.92. The zero-order valence-corrected chi connectivity index (χ0v) is 11.0. The molecule has 2 N–H and O–H groups in total. The summed E-state index contributed by atoms with van der Waals surface area (Å²) in [6.07, 6.45) is -3.45. The Morgan fingerprint density at radius 1 is 1.32 bits per heavy atom. The highest BCUT2D eigenvalue weighted by atomic mass is 19.4. The van der Waals surface area contributed by atoms with Gasteiger partial charge in [-0.25, -0.2) is 0 Å². The lowest BCUT2D eigenvalue weighted by Crippen LogP contribution is -2.30. The van der Waals surface area contributed by atoms with Crippen LogP contribution < -0.4 is 5.73 Å². The average Bonchev–Trinajstić information content (AvgIpc) is 2.80. The van der Waals surface area contributed by atoms with E-state index in [1.807, 2.05) is 6.92 Å². The van der Waals surface area contributed by atoms with Gasteiger partial charge in [0.15, 0.2) is 0 Å². The van der Waals surface area contributed by atoms with Gasteiger partial charge in [0.2, 0.25) is 0 Å². The van der Waals surface area contributed by atoms with Gasteiger partial charge in [0.25, 0.3) is 0 Å². The molecule has 1 saturated heterocycles. The zero-order valence-electron chi connectivity index (χ0n) is 11.0. The van der Waals surface area contributed by atoms with Crippen LogP contribution in [0.1, 0.15) is 30.5 Å². The van der Waals surface area contributed by atoms with Crippen LogP contribution in [0.3, 0.4) is 0 Å². The Morgan fingerprint density at radius 3 is 2.58 bits per heavy atom. The molecule has 19 heavy (non-hydrogen) atoms. The van der Waals surface area contributed by atoms with Crippen molar-refractivity contribution in [3.63, 3.8) is 0 Å². The maximum atomic E-state index is 13.1. The minimum atomic E-state index is -4.31. The van der Waals surface area contributed by atoms with Crippen molar-refractivity contribution in [1.82, 2.24) is 4.90 Å². The molecule has 0 spiro atoms. The van der Waals surface area contributed by atoms with Gasteiger partial charge in [0.1, 0.15) is 0 Å². The summed E-state index contributed by atoms with van der Waals surface area (Å²) in [6.45, 7) is 3.96. The molecule has 2 atom stereocenters. The Morgan fingerprint density at radius 2 is 2.00 bits per heavy atom. The Labute approximate surface area is 111 Å². The standard InChI is InChI=1S/C14H19F3N2/c1-2-19-8-7-10(9-18)13(19)11-5-3-4-6-12(11)14(15,16)17/h3-6,10,13H,2,7-9,18H2,1H3. The summed E-state index contributed by atoms with van der Waals surface area (Å²) < 4.78 is 39.3. The van der Waals surface area contributed by atoms with Crippen molar-refractivity contribution in [3.05, 3.63) is 35.4 Å². The van der Waals surface area contributed by atoms with E-state index >= 15 is 0 Å². The molecule has 1 aliphatic heterocycles. The predicted octanol–water partition coefficient (Wildman–Crippen LogP) is 3.05. The molecule has 0 saturated carbocycles. The molecule has 0 aromatic heterocycles. The van der Waals surface area contributed by atoms with Crippen molar-refractivity contribution in [1.29, 1.82) is 0 Å². The van der Waals surface area contributed by atoms with E-state index in [9.17, 15) is 13.2 Å². The molecule has 2 rings (SSSR count). The van der Waals surface area contributed by atoms with Crippen molar-refractivity contribution in [3.8, 4) is 0 Å². The second kappa shape index (κ2) is 5.51. The summed E-state index contributed by atoms with van der Waals surface area (Å²) in [5.41, 5.74) is 5.57. The Kier molecular flexibility index (Phi) is 4.16. The van der Waals surface area contributed by atoms with Crippen LogP contribution in [0.2, 0.25) is 0 Å². The molecular formula is C14H19F3N2. The predicted molar refractivity (Wildman–Crippen MR) is 68.6 cm³/mol. The molecular weight excluding hydrogens is 253 g/mol. The van der Waals surface area contributed by atoms with Gasteiger partial charge in [-0.15, -0.1) is 0 Å². The van der Waals surface area contributed by atoms with Gasteiger partial charge in [-0.3, -0.25) is 4.90 Å². The molecule has 2 unspecified atom stereocenters. The van der Waals surface area contributed by atoms with E-state index < -0.39 is 11.7 Å². The van der Waals surface area contributed by atoms with Crippen LogP contribution in [0.4, 0.5) is 13.2 Å². The van der Waals surface area contributed by atoms with Crippen LogP contribution in [-0.2, 0) is 6.18 Å². The van der Waals surface area contributed by atoms with Crippen molar-refractivity contribution >= 4 is 0 Å². The molecule has 0 radical (unpaired) electrons. The molecule has 2 nitrogen and oxygen atoms in total. The second-order valence-electron chi connectivity index (χ2n) is 4.94. The number of hydrogen-bond donors (Lipinski definition) is 1. The van der Waals surface area contributed by atoms with Crippen LogP contribution >= 0.6 is 0 Å². The lowest BCUT2D eigenvalue weighted by molar-refractivity contribution is -0.138. The first-order valence-electron chi connectivity index (χ1n) is 6.59. The van der Waals surface area contributed by atoms with Gasteiger partial charge in [-0.2, -0.15) is 13.2 Å². The van der Waals surface area contributed by atoms with Crippen molar-refractivity contribution in [2.45, 2.75) is 25.6 Å². The fraction of sp³-hybridized carbons (Fsp3) is 0.571. The number of nitrogens with two attached hydrogens (primary N) is 1. The summed E-state index contributed by atoms with van der Waals surface area (Å²) in [7, 11) is 0. The van der Waals surface area contributed by atoms with Gasteiger partial charge in [0.05, 0.1) is 5.56 Å². The molecule has 106 valence electrons. The number of halogens is 3. The smallest absolute Gasteiger partial charge is 0.330 e. The zero-order chi connectivity index (χ0) is 14.0. The molecule has 1 aromatic carbocycles. The van der Waals surface area contributed by atoms with Crippen LogP contribution in [0.15, 0.2) is 24.3 Å². The number of benzene rings is 1. The molecule has 5 heteroatoms. The largest absolute Gasteiger partial charge is 0.416 e. The lowest BCUT2D eigenvalue weighted by Gasteiger charge is -2.29. The van der Waals surface area contributed by atoms with Crippen LogP contribution in [0.25, 0.3) is 0 Å². The second-order valence-corrected chi connectivity index (χ2v) is 4.94. The fourth-order valence-electron chi connectivity index (χ4n) is 2.99. The summed E-state index contributed by atoms with van der Waals surface area (Å²) in [5, 5.41) is 0. The SMILES string of the molecule is CCN1CCC(CN)C1c1ccccc1C(F)(F)F. The quantitative estimate of drug-likeness (QED) is 0.916. The molecule has 1 aliphatic rings. The molecule has 0 bridgehead atoms. The van der Waals surface area contributed by atoms with Crippen LogP contribution in [0, 0.1) is 5.92 Å². The van der Waals surface area contributed by atoms with E-state index in [2.05, 4.69) is 4.90 Å². The topological polar surface area (TPSA) is 29.3 Å². The van der Waals surface area contributed by atoms with Gasteiger partial charge >= 0.3 is 6.18 Å². The number of hydrogen-bond acceptors (Lipinski definition) is 2. The summed E-state index contributed by atoms with van der Waals surface area (Å²) in [4.78, 5) is 2.09. The first-order valence-corrected chi connectivity index (χ1v) is 6.59. The van der Waals surface area contributed by atoms with E-state index in [0.29, 0.717) is 12.1 Å². The van der Waals surface area contributed by atoms with Crippen LogP contribution in [0.5, 0.6) is 0 Å². The summed E-state index contributed by atoms with van der Waals surface area (Å²) in [5.74, 6) is 0.100. The summed E-state index contributed by atoms with van der Waals surface area (Å²) >= 11 is 0. The van der Waals surface area contributed by atoms with E-state index in [-0.39, 0.29) is 12.0 Å². The number of alkyl halides is 3. The Hall–Kier alpha value is -1.07. The molecule has 1 aromatic rings. The Balaban J connectivity index is 2.44. The number of likely N-dealkylation sites (tertiary alicyclic amines) is 1. The van der Waals surface area contributed by atoms with Gasteiger partial charge in [-0.1, -0.05) is 25.1 Å². The van der Waals surface area contributed by atoms with E-state index in [1.165, 1.54) is 6.07 Å². The van der Waals surface area contributed by atoms with E-state index in [4.69, 9.17) is 5.73 Å². The van der Waals surface area contributed by atoms with E-state index in [1.54, 1.807) is 12.1 Å². The van der Waals surface area contributed by atoms with Gasteiger partial charge in [-0.05, 0) is 43.6 Å². The number of rotatable bonds is 3. The third kappa shape index (κ3) is 2.77. The molecule has 0 aliphatic carbocycles. The monoisotopic (exact) mass is 272 g/mol. The molecule has 0 amide bonds. The number of nitrogens with zero attached hydrogens (tertiary/aromatic N) is 1. The fourth-order valence-corrected chi connectivity index (χ4v) is 2.99. The minimum absolute atomic E-state index is 0.100. The van der Waals surface area contributed by atoms with Crippen molar-refractivity contribution in [2.24, 2.45) is 11.7 Å². The van der Waals surface area contributed by atoms with Gasteiger partial charge < -0.3 is 5.73 Å². The van der Waals surface area contributed by atoms with E-state index in [0.717, 1.165) is 25.6 Å². The van der Waals surface area contributed by atoms with Crippen LogP contribution in [-0.4, -0.2) is 24.5 Å². The average molecular weight is 272 g/mol. The van der Waals surface area contributed by atoms with Gasteiger partial charge in [0, 0.05) is 6.04 Å². The maximum Gasteiger partial charge on any atom is 0.416 e. The minimum Gasteiger partial charge on any atom is -0.330 e. The maximum absolute atomic E-state index is 13.1. The normalized spacial score (nSPS) is 24.9. The lowest BCUT2D eigenvalue weighted by atomic mass is 9.90. The molecule has 1 fully saturated rings. The first-order chi connectivity index (χ1) is 8.99. The molecule has 1 heterocycles. The first kappa shape index (κ1) is 14.3. The third-order valence-electron chi connectivity index (χ3n) is 3.92. The Bertz CT molecular complexity index is 419. The van der Waals surface area contributed by atoms with Crippen molar-refractivity contribution < 1.29 is 13.2 Å².